The molecule has 0 aliphatic heterocycles. The molecule has 1 rings (SSSR count). The van der Waals surface area contributed by atoms with Gasteiger partial charge >= 0.3 is 5.97 Å². The summed E-state index contributed by atoms with van der Waals surface area (Å²) in [6.45, 7) is 4.20. The average Bonchev–Trinajstić information content (AvgIpc) is 2.31. The smallest absolute Gasteiger partial charge is 0.310 e. The van der Waals surface area contributed by atoms with Crippen molar-refractivity contribution in [2.75, 3.05) is 6.54 Å². The van der Waals surface area contributed by atoms with Gasteiger partial charge in [0, 0.05) is 13.0 Å². The molecule has 1 fully saturated rings. The summed E-state index contributed by atoms with van der Waals surface area (Å²) >= 11 is 0. The van der Waals surface area contributed by atoms with Gasteiger partial charge in [0.05, 0.1) is 11.0 Å². The third kappa shape index (κ3) is 4.20. The summed E-state index contributed by atoms with van der Waals surface area (Å²) in [5, 5.41) is 22.3. The molecule has 5 heteroatoms. The van der Waals surface area contributed by atoms with E-state index in [9.17, 15) is 19.8 Å². The van der Waals surface area contributed by atoms with Gasteiger partial charge in [-0.2, -0.15) is 0 Å². The Kier molecular flexibility index (Phi) is 5.99. The molecule has 0 aromatic carbocycles. The molecule has 1 saturated carbocycles. The Morgan fingerprint density at radius 2 is 1.75 bits per heavy atom. The van der Waals surface area contributed by atoms with Crippen LogP contribution in [0.15, 0.2) is 0 Å². The van der Waals surface area contributed by atoms with Gasteiger partial charge in [-0.1, -0.05) is 33.1 Å². The normalized spacial score (nSPS) is 17.4. The van der Waals surface area contributed by atoms with E-state index in [0.717, 1.165) is 19.3 Å². The van der Waals surface area contributed by atoms with Crippen LogP contribution in [0.3, 0.4) is 0 Å². The highest BCUT2D eigenvalue weighted by Gasteiger charge is 2.46. The van der Waals surface area contributed by atoms with Gasteiger partial charge in [-0.15, -0.1) is 0 Å². The Labute approximate surface area is 120 Å². The molecule has 5 nitrogen and oxygen atoms in total. The number of carboxylic acids is 1. The minimum atomic E-state index is -0.878. The van der Waals surface area contributed by atoms with Crippen LogP contribution in [-0.2, 0) is 9.59 Å². The minimum Gasteiger partial charge on any atom is -0.481 e. The first-order valence-electron chi connectivity index (χ1n) is 7.60. The van der Waals surface area contributed by atoms with Gasteiger partial charge in [0.2, 0.25) is 5.91 Å². The summed E-state index contributed by atoms with van der Waals surface area (Å²) in [4.78, 5) is 23.1. The number of carboxylic acid groups (broad SMARTS) is 1. The van der Waals surface area contributed by atoms with Crippen LogP contribution in [0, 0.1) is 5.41 Å². The number of amides is 1. The molecule has 3 N–H and O–H groups in total. The molecule has 0 aromatic rings. The first kappa shape index (κ1) is 17.0. The van der Waals surface area contributed by atoms with Crippen LogP contribution in [0.25, 0.3) is 0 Å². The van der Waals surface area contributed by atoms with E-state index in [1.54, 1.807) is 0 Å². The van der Waals surface area contributed by atoms with E-state index in [0.29, 0.717) is 25.7 Å². The van der Waals surface area contributed by atoms with Crippen molar-refractivity contribution in [1.29, 1.82) is 0 Å². The zero-order chi connectivity index (χ0) is 15.2. The minimum absolute atomic E-state index is 0.0245. The highest BCUT2D eigenvalue weighted by Crippen LogP contribution is 2.44. The molecule has 0 aromatic heterocycles. The van der Waals surface area contributed by atoms with Gasteiger partial charge in [-0.3, -0.25) is 9.59 Å². The lowest BCUT2D eigenvalue weighted by Crippen LogP contribution is -2.47. The van der Waals surface area contributed by atoms with Crippen molar-refractivity contribution in [2.45, 2.75) is 70.8 Å². The number of carbonyl (C=O) groups excluding carboxylic acids is 1. The monoisotopic (exact) mass is 285 g/mol. The summed E-state index contributed by atoms with van der Waals surface area (Å²) in [5.74, 6) is -1.14. The fourth-order valence-electron chi connectivity index (χ4n) is 2.94. The fourth-order valence-corrected chi connectivity index (χ4v) is 2.94. The lowest BCUT2D eigenvalue weighted by molar-refractivity contribution is -0.157. The maximum Gasteiger partial charge on any atom is 0.310 e. The van der Waals surface area contributed by atoms with Crippen molar-refractivity contribution >= 4 is 11.9 Å². The zero-order valence-corrected chi connectivity index (χ0v) is 12.6. The molecular weight excluding hydrogens is 258 g/mol. The number of aliphatic carboxylic acids is 1. The molecule has 0 heterocycles. The molecule has 1 amide bonds. The van der Waals surface area contributed by atoms with Gasteiger partial charge in [-0.25, -0.2) is 0 Å². The van der Waals surface area contributed by atoms with Crippen LogP contribution < -0.4 is 5.32 Å². The number of rotatable bonds is 9. The predicted octanol–water partition coefficient (Wildman–Crippen LogP) is 2.08. The highest BCUT2D eigenvalue weighted by atomic mass is 16.4. The second-order valence-corrected chi connectivity index (χ2v) is 6.12. The summed E-state index contributed by atoms with van der Waals surface area (Å²) in [7, 11) is 0. The predicted molar refractivity (Wildman–Crippen MR) is 76.3 cm³/mol. The topological polar surface area (TPSA) is 86.6 Å². The van der Waals surface area contributed by atoms with Crippen molar-refractivity contribution in [3.63, 3.8) is 0 Å². The Hall–Kier alpha value is -1.10. The molecule has 0 atom stereocenters. The van der Waals surface area contributed by atoms with Crippen LogP contribution >= 0.6 is 0 Å². The number of hydrogen-bond acceptors (Lipinski definition) is 3. The van der Waals surface area contributed by atoms with E-state index >= 15 is 0 Å². The van der Waals surface area contributed by atoms with E-state index < -0.39 is 17.0 Å². The quantitative estimate of drug-likeness (QED) is 0.605. The molecule has 1 aliphatic carbocycles. The molecule has 0 radical (unpaired) electrons. The number of carbonyl (C=O) groups is 2. The van der Waals surface area contributed by atoms with E-state index in [1.807, 2.05) is 13.8 Å². The Morgan fingerprint density at radius 3 is 2.10 bits per heavy atom. The average molecular weight is 285 g/mol. The summed E-state index contributed by atoms with van der Waals surface area (Å²) in [6, 6.07) is 0. The maximum atomic E-state index is 11.9. The Bertz CT molecular complexity index is 344. The Balaban J connectivity index is 2.47. The van der Waals surface area contributed by atoms with E-state index in [2.05, 4.69) is 5.32 Å². The first-order chi connectivity index (χ1) is 9.37. The van der Waals surface area contributed by atoms with Crippen molar-refractivity contribution in [3.8, 4) is 0 Å². The number of hydrogen-bond donors (Lipinski definition) is 3. The first-order valence-corrected chi connectivity index (χ1v) is 7.60. The molecule has 0 bridgehead atoms. The number of nitrogens with one attached hydrogen (secondary N) is 1. The van der Waals surface area contributed by atoms with Crippen LogP contribution in [0.2, 0.25) is 0 Å². The molecule has 0 unspecified atom stereocenters. The van der Waals surface area contributed by atoms with Crippen LogP contribution in [-0.4, -0.2) is 34.2 Å². The van der Waals surface area contributed by atoms with Gasteiger partial charge in [0.1, 0.15) is 0 Å². The van der Waals surface area contributed by atoms with E-state index in [4.69, 9.17) is 0 Å². The van der Waals surface area contributed by atoms with Gasteiger partial charge in [-0.05, 0) is 25.7 Å². The molecule has 116 valence electrons. The SMILES string of the molecule is CCCC(O)(CCC)CNC(=O)CC1(C(=O)O)CCC1. The van der Waals surface area contributed by atoms with Gasteiger partial charge in [0.15, 0.2) is 0 Å². The van der Waals surface area contributed by atoms with Crippen molar-refractivity contribution < 1.29 is 19.8 Å². The zero-order valence-electron chi connectivity index (χ0n) is 12.6. The van der Waals surface area contributed by atoms with E-state index in [-0.39, 0.29) is 18.9 Å². The fraction of sp³-hybridized carbons (Fsp3) is 0.867. The van der Waals surface area contributed by atoms with Crippen LogP contribution in [0.5, 0.6) is 0 Å². The molecule has 0 saturated heterocycles. The van der Waals surface area contributed by atoms with Crippen LogP contribution in [0.1, 0.15) is 65.2 Å². The molecular formula is C15H27NO4. The summed E-state index contributed by atoms with van der Waals surface area (Å²) in [6.07, 6.45) is 5.03. The van der Waals surface area contributed by atoms with Gasteiger partial charge in [0.25, 0.3) is 0 Å². The second kappa shape index (κ2) is 7.07. The second-order valence-electron chi connectivity index (χ2n) is 6.12. The summed E-state index contributed by atoms with van der Waals surface area (Å²) < 4.78 is 0. The van der Waals surface area contributed by atoms with Crippen molar-refractivity contribution in [2.24, 2.45) is 5.41 Å². The number of aliphatic hydroxyl groups is 1. The third-order valence-electron chi connectivity index (χ3n) is 4.31. The van der Waals surface area contributed by atoms with Crippen molar-refractivity contribution in [1.82, 2.24) is 5.32 Å². The highest BCUT2D eigenvalue weighted by molar-refractivity contribution is 5.85. The molecule has 1 aliphatic rings. The molecule has 0 spiro atoms. The lowest BCUT2D eigenvalue weighted by Gasteiger charge is -2.37. The summed E-state index contributed by atoms with van der Waals surface area (Å²) in [5.41, 5.74) is -1.73. The molecule has 20 heavy (non-hydrogen) atoms. The van der Waals surface area contributed by atoms with Crippen molar-refractivity contribution in [3.05, 3.63) is 0 Å². The van der Waals surface area contributed by atoms with Gasteiger partial charge < -0.3 is 15.5 Å². The lowest BCUT2D eigenvalue weighted by atomic mass is 9.66. The largest absolute Gasteiger partial charge is 0.481 e. The van der Waals surface area contributed by atoms with E-state index in [1.165, 1.54) is 0 Å². The standard InChI is InChI=1S/C15H27NO4/c1-3-6-15(20,7-4-2)11-16-12(17)10-14(13(18)19)8-5-9-14/h20H,3-11H2,1-2H3,(H,16,17)(H,18,19). The third-order valence-corrected chi connectivity index (χ3v) is 4.31. The van der Waals surface area contributed by atoms with Crippen LogP contribution in [0.4, 0.5) is 0 Å². The Morgan fingerprint density at radius 1 is 1.20 bits per heavy atom. The maximum absolute atomic E-state index is 11.9.